The third-order valence-corrected chi connectivity index (χ3v) is 11.5. The summed E-state index contributed by atoms with van der Waals surface area (Å²) in [7, 11) is 0. The molecule has 3 heterocycles. The normalized spacial score (nSPS) is 23.0. The number of ether oxygens (including phenoxy) is 2. The third-order valence-electron chi connectivity index (χ3n) is 10.00. The van der Waals surface area contributed by atoms with Gasteiger partial charge in [0, 0.05) is 66.1 Å². The summed E-state index contributed by atoms with van der Waals surface area (Å²) in [6.07, 6.45) is -1.50. The Balaban J connectivity index is 1.29. The van der Waals surface area contributed by atoms with Crippen molar-refractivity contribution in [3.05, 3.63) is 90.5 Å². The molecule has 0 saturated carbocycles. The number of rotatable bonds is 16. The van der Waals surface area contributed by atoms with Gasteiger partial charge in [-0.25, -0.2) is 14.4 Å². The first-order chi connectivity index (χ1) is 25.7. The largest absolute Gasteiger partial charge is 0.477 e. The number of non-ortho nitro benzene ring substituents is 2. The van der Waals surface area contributed by atoms with Gasteiger partial charge in [0.05, 0.1) is 27.9 Å². The summed E-state index contributed by atoms with van der Waals surface area (Å²) in [5, 5.41) is 54.7. The summed E-state index contributed by atoms with van der Waals surface area (Å²) in [4.78, 5) is 75.6. The van der Waals surface area contributed by atoms with Gasteiger partial charge < -0.3 is 39.9 Å². The standard InChI is InChI=1S/C35H41N5O13S/c1-19-29-28(20(2)42)32(43)38(29)30(33(44)45)31(19)54-26-15-27(37(16-26)35(47)53-18-22-5-9-25(10-6-22)40(50)51)23(12-14-41)11-13-36-34(46)52-17-21-3-7-24(8-4-21)39(48)49/h3-10,19-20,23,26-29,41-42H,11-18H2,1-2H3,(H,36,46)(H,44,45)/t19-,20-,23?,26+,27+,28-,29-/m1/s1. The summed E-state index contributed by atoms with van der Waals surface area (Å²) in [5.74, 6) is -3.23. The minimum Gasteiger partial charge on any atom is -0.477 e. The maximum Gasteiger partial charge on any atom is 0.410 e. The van der Waals surface area contributed by atoms with E-state index in [2.05, 4.69) is 5.32 Å². The van der Waals surface area contributed by atoms with E-state index in [1.54, 1.807) is 6.92 Å². The fourth-order valence-corrected chi connectivity index (χ4v) is 8.88. The number of thioether (sulfide) groups is 1. The van der Waals surface area contributed by atoms with Crippen LogP contribution in [0, 0.1) is 38.0 Å². The molecule has 0 aliphatic carbocycles. The highest BCUT2D eigenvalue weighted by atomic mass is 32.2. The summed E-state index contributed by atoms with van der Waals surface area (Å²) in [6, 6.07) is 10.0. The number of benzene rings is 2. The molecule has 18 nitrogen and oxygen atoms in total. The first-order valence-electron chi connectivity index (χ1n) is 17.3. The highest BCUT2D eigenvalue weighted by Crippen LogP contribution is 2.52. The van der Waals surface area contributed by atoms with Crippen LogP contribution in [0.3, 0.4) is 0 Å². The molecule has 0 bridgehead atoms. The lowest BCUT2D eigenvalue weighted by Gasteiger charge is -2.46. The van der Waals surface area contributed by atoms with Crippen LogP contribution in [0.4, 0.5) is 21.0 Å². The molecule has 1 unspecified atom stereocenters. The number of hydrogen-bond donors (Lipinski definition) is 4. The van der Waals surface area contributed by atoms with Gasteiger partial charge >= 0.3 is 18.2 Å². The van der Waals surface area contributed by atoms with E-state index in [0.717, 1.165) is 0 Å². The highest BCUT2D eigenvalue weighted by molar-refractivity contribution is 8.03. The average molecular weight is 772 g/mol. The van der Waals surface area contributed by atoms with Crippen LogP contribution in [-0.2, 0) is 32.3 Å². The second kappa shape index (κ2) is 17.3. The number of carbonyl (C=O) groups excluding carboxylic acids is 3. The van der Waals surface area contributed by atoms with Crippen molar-refractivity contribution in [2.24, 2.45) is 17.8 Å². The second-order valence-corrected chi connectivity index (χ2v) is 14.8. The van der Waals surface area contributed by atoms with Crippen molar-refractivity contribution >= 4 is 47.2 Å². The molecule has 2 saturated heterocycles. The van der Waals surface area contributed by atoms with Gasteiger partial charge in [0.25, 0.3) is 11.4 Å². The lowest BCUT2D eigenvalue weighted by Crippen LogP contribution is -2.63. The number of likely N-dealkylation sites (tertiary alicyclic amines) is 1. The van der Waals surface area contributed by atoms with E-state index in [9.17, 15) is 54.7 Å². The lowest BCUT2D eigenvalue weighted by atomic mass is 9.79. The molecular weight excluding hydrogens is 730 g/mol. The van der Waals surface area contributed by atoms with Gasteiger partial charge in [-0.1, -0.05) is 6.92 Å². The number of alkyl carbamates (subject to hydrolysis) is 1. The zero-order valence-electron chi connectivity index (χ0n) is 29.4. The van der Waals surface area contributed by atoms with Crippen LogP contribution in [0.15, 0.2) is 59.1 Å². The molecule has 3 aliphatic rings. The summed E-state index contributed by atoms with van der Waals surface area (Å²) in [6.45, 7) is 2.98. The number of carboxylic acid groups (broad SMARTS) is 1. The molecule has 4 N–H and O–H groups in total. The number of β-lactam (4-membered cyclic amide) rings is 1. The number of carboxylic acids is 1. The van der Waals surface area contributed by atoms with Crippen molar-refractivity contribution < 1.29 is 53.8 Å². The highest BCUT2D eigenvalue weighted by Gasteiger charge is 2.60. The lowest BCUT2D eigenvalue weighted by molar-refractivity contribution is -0.385. The SMILES string of the molecule is C[C@@H](O)[C@H]1C(=O)N2C(C(=O)O)=C(S[C@H]3C[C@@H](C(CCO)CCNC(=O)OCc4ccc([N+](=O)[O-])cc4)N(C(=O)OCc4ccc([N+](=O)[O-])cc4)C3)[C@H](C)[C@H]12. The molecule has 5 rings (SSSR count). The summed E-state index contributed by atoms with van der Waals surface area (Å²) < 4.78 is 10.9. The van der Waals surface area contributed by atoms with Crippen molar-refractivity contribution in [1.29, 1.82) is 0 Å². The zero-order chi connectivity index (χ0) is 39.3. The number of fused-ring (bicyclic) bond motifs is 1. The molecule has 0 spiro atoms. The Labute approximate surface area is 313 Å². The van der Waals surface area contributed by atoms with Crippen molar-refractivity contribution in [1.82, 2.24) is 15.1 Å². The van der Waals surface area contributed by atoms with Crippen LogP contribution >= 0.6 is 11.8 Å². The fourth-order valence-electron chi connectivity index (χ4n) is 7.34. The molecule has 7 atom stereocenters. The smallest absolute Gasteiger partial charge is 0.410 e. The van der Waals surface area contributed by atoms with Crippen LogP contribution in [0.25, 0.3) is 0 Å². The van der Waals surface area contributed by atoms with E-state index >= 15 is 0 Å². The molecule has 54 heavy (non-hydrogen) atoms. The summed E-state index contributed by atoms with van der Waals surface area (Å²) in [5.41, 5.74) is 0.689. The van der Waals surface area contributed by atoms with Gasteiger partial charge in [0.1, 0.15) is 18.9 Å². The predicted molar refractivity (Wildman–Crippen MR) is 190 cm³/mol. The van der Waals surface area contributed by atoms with E-state index in [1.807, 2.05) is 0 Å². The van der Waals surface area contributed by atoms with Gasteiger partial charge in [-0.2, -0.15) is 0 Å². The number of carbonyl (C=O) groups is 4. The Hall–Kier alpha value is -5.27. The first-order valence-corrected chi connectivity index (χ1v) is 18.2. The Morgan fingerprint density at radius 2 is 1.56 bits per heavy atom. The van der Waals surface area contributed by atoms with E-state index in [1.165, 1.54) is 77.0 Å². The number of hydrogen-bond acceptors (Lipinski definition) is 13. The Morgan fingerprint density at radius 3 is 2.07 bits per heavy atom. The van der Waals surface area contributed by atoms with Crippen LogP contribution < -0.4 is 5.32 Å². The predicted octanol–water partition coefficient (Wildman–Crippen LogP) is 3.78. The van der Waals surface area contributed by atoms with Gasteiger partial charge in [0.15, 0.2) is 0 Å². The number of nitro benzene ring substituents is 2. The number of amides is 3. The Morgan fingerprint density at radius 1 is 0.981 bits per heavy atom. The third kappa shape index (κ3) is 8.74. The molecule has 3 aliphatic heterocycles. The minimum absolute atomic E-state index is 0.100. The number of nitrogens with one attached hydrogen (secondary N) is 1. The molecule has 290 valence electrons. The maximum atomic E-state index is 13.7. The minimum atomic E-state index is -1.28. The van der Waals surface area contributed by atoms with E-state index < -0.39 is 63.9 Å². The monoisotopic (exact) mass is 771 g/mol. The molecule has 2 aromatic rings. The summed E-state index contributed by atoms with van der Waals surface area (Å²) >= 11 is 1.26. The molecule has 3 amide bonds. The van der Waals surface area contributed by atoms with E-state index in [4.69, 9.17) is 9.47 Å². The van der Waals surface area contributed by atoms with Crippen LogP contribution in [-0.4, -0.2) is 102 Å². The maximum absolute atomic E-state index is 13.7. The number of aliphatic carboxylic acids is 1. The number of aliphatic hydroxyl groups excluding tert-OH is 2. The van der Waals surface area contributed by atoms with Crippen molar-refractivity contribution in [2.75, 3.05) is 19.7 Å². The molecule has 0 radical (unpaired) electrons. The number of aliphatic hydroxyl groups is 2. The van der Waals surface area contributed by atoms with Gasteiger partial charge in [-0.05, 0) is 67.5 Å². The van der Waals surface area contributed by atoms with E-state index in [0.29, 0.717) is 28.9 Å². The average Bonchev–Trinajstić information content (AvgIpc) is 3.66. The fraction of sp³-hybridized carbons (Fsp3) is 0.486. The van der Waals surface area contributed by atoms with Crippen LogP contribution in [0.2, 0.25) is 0 Å². The number of nitro groups is 2. The Kier molecular flexibility index (Phi) is 12.8. The second-order valence-electron chi connectivity index (χ2n) is 13.4. The van der Waals surface area contributed by atoms with Crippen molar-refractivity contribution in [2.45, 2.75) is 69.8 Å². The molecular formula is C35H41N5O13S. The van der Waals surface area contributed by atoms with E-state index in [-0.39, 0.29) is 67.6 Å². The van der Waals surface area contributed by atoms with Gasteiger partial charge in [0.2, 0.25) is 5.91 Å². The van der Waals surface area contributed by atoms with Crippen LogP contribution in [0.1, 0.15) is 44.2 Å². The van der Waals surface area contributed by atoms with Gasteiger partial charge in [-0.15, -0.1) is 11.8 Å². The quantitative estimate of drug-likeness (QED) is 0.108. The topological polar surface area (TPSA) is 252 Å². The van der Waals surface area contributed by atoms with Crippen molar-refractivity contribution in [3.63, 3.8) is 0 Å². The number of nitrogens with zero attached hydrogens (tertiary/aromatic N) is 4. The molecule has 2 aromatic carbocycles. The zero-order valence-corrected chi connectivity index (χ0v) is 30.3. The molecule has 0 aromatic heterocycles. The first kappa shape index (κ1) is 39.9. The molecule has 2 fully saturated rings. The Bertz CT molecular complexity index is 1790. The molecule has 19 heteroatoms. The van der Waals surface area contributed by atoms with Crippen LogP contribution in [0.5, 0.6) is 0 Å². The van der Waals surface area contributed by atoms with Crippen molar-refractivity contribution in [3.8, 4) is 0 Å². The van der Waals surface area contributed by atoms with Gasteiger partial charge in [-0.3, -0.25) is 25.0 Å².